The Hall–Kier alpha value is -0.651. The number of hydrogen-bond acceptors (Lipinski definition) is 8. The molecule has 1 aromatic heterocycles. The SMILES string of the molecule is NC(=O)c1c[se]c([C@@H]2O[C@H](C(O)OP(=O)(O)O)[C@@H](O)[C@H]2O)n1. The van der Waals surface area contributed by atoms with Crippen molar-refractivity contribution in [2.45, 2.75) is 30.7 Å². The second-order valence-electron chi connectivity index (χ2n) is 4.42. The van der Waals surface area contributed by atoms with Gasteiger partial charge in [0.15, 0.2) is 0 Å². The summed E-state index contributed by atoms with van der Waals surface area (Å²) in [7, 11) is -5.01. The van der Waals surface area contributed by atoms with Crippen LogP contribution >= 0.6 is 7.82 Å². The predicted molar refractivity (Wildman–Crippen MR) is 68.5 cm³/mol. The number of nitrogens with zero attached hydrogens (tertiary/aromatic N) is 1. The molecule has 5 atom stereocenters. The number of nitrogens with two attached hydrogens (primary N) is 1. The van der Waals surface area contributed by atoms with Gasteiger partial charge in [0.1, 0.15) is 0 Å². The molecule has 0 saturated carbocycles. The number of primary amides is 1. The number of phosphoric ester groups is 1. The summed E-state index contributed by atoms with van der Waals surface area (Å²) in [6.07, 6.45) is -8.08. The Morgan fingerprint density at radius 3 is 2.59 bits per heavy atom. The van der Waals surface area contributed by atoms with E-state index in [1.165, 1.54) is 4.94 Å². The van der Waals surface area contributed by atoms with E-state index in [-0.39, 0.29) is 10.3 Å². The fourth-order valence-electron chi connectivity index (χ4n) is 1.88. The Morgan fingerprint density at radius 1 is 1.45 bits per heavy atom. The van der Waals surface area contributed by atoms with E-state index in [0.29, 0.717) is 0 Å². The molecule has 2 heterocycles. The van der Waals surface area contributed by atoms with E-state index < -0.39 is 58.9 Å². The summed E-state index contributed by atoms with van der Waals surface area (Å²) in [6.45, 7) is 0. The van der Waals surface area contributed by atoms with Crippen molar-refractivity contribution >= 4 is 28.2 Å². The monoisotopic (exact) mass is 404 g/mol. The summed E-state index contributed by atoms with van der Waals surface area (Å²) in [5.74, 6) is -0.758. The number of hydrogen-bond donors (Lipinski definition) is 6. The first kappa shape index (κ1) is 17.7. The van der Waals surface area contributed by atoms with Crippen molar-refractivity contribution in [2.75, 3.05) is 0 Å². The molecule has 1 aliphatic heterocycles. The molecular weight excluding hydrogens is 390 g/mol. The van der Waals surface area contributed by atoms with Crippen LogP contribution in [0.25, 0.3) is 0 Å². The van der Waals surface area contributed by atoms with Crippen molar-refractivity contribution in [1.29, 1.82) is 0 Å². The number of carbonyl (C=O) groups excluding carboxylic acids is 1. The first-order valence-electron chi connectivity index (χ1n) is 5.79. The zero-order valence-corrected chi connectivity index (χ0v) is 13.3. The molecule has 0 spiro atoms. The van der Waals surface area contributed by atoms with Gasteiger partial charge in [-0.05, 0) is 0 Å². The molecular formula is C9H13N2O9PSe. The third-order valence-corrected chi connectivity index (χ3v) is 5.24. The van der Waals surface area contributed by atoms with Crippen LogP contribution in [0.2, 0.25) is 0 Å². The topological polar surface area (TPSA) is 193 Å². The number of phosphoric acid groups is 1. The van der Waals surface area contributed by atoms with Crippen LogP contribution in [0.4, 0.5) is 0 Å². The Kier molecular flexibility index (Phi) is 5.20. The van der Waals surface area contributed by atoms with Crippen LogP contribution in [-0.2, 0) is 13.8 Å². The fourth-order valence-corrected chi connectivity index (χ4v) is 4.13. The summed E-state index contributed by atoms with van der Waals surface area (Å²) < 4.78 is 20.1. The number of aromatic nitrogens is 1. The van der Waals surface area contributed by atoms with E-state index in [4.69, 9.17) is 20.3 Å². The molecule has 1 unspecified atom stereocenters. The molecule has 1 aromatic rings. The first-order chi connectivity index (χ1) is 10.1. The molecule has 0 aliphatic carbocycles. The van der Waals surface area contributed by atoms with Gasteiger partial charge in [0.2, 0.25) is 0 Å². The number of rotatable bonds is 5. The molecule has 11 nitrogen and oxygen atoms in total. The Labute approximate surface area is 129 Å². The molecule has 22 heavy (non-hydrogen) atoms. The molecule has 1 fully saturated rings. The summed E-state index contributed by atoms with van der Waals surface area (Å²) in [6, 6.07) is 0. The van der Waals surface area contributed by atoms with Gasteiger partial charge in [0.25, 0.3) is 0 Å². The Bertz CT molecular complexity index is 604. The van der Waals surface area contributed by atoms with Crippen molar-refractivity contribution in [3.8, 4) is 0 Å². The third kappa shape index (κ3) is 3.81. The predicted octanol–water partition coefficient (Wildman–Crippen LogP) is -3.17. The molecule has 124 valence electrons. The molecule has 7 N–H and O–H groups in total. The number of aliphatic hydroxyl groups is 3. The Balaban J connectivity index is 2.15. The van der Waals surface area contributed by atoms with Crippen molar-refractivity contribution in [3.63, 3.8) is 0 Å². The van der Waals surface area contributed by atoms with Crippen LogP contribution in [0.3, 0.4) is 0 Å². The zero-order valence-electron chi connectivity index (χ0n) is 10.7. The van der Waals surface area contributed by atoms with Crippen LogP contribution in [-0.4, -0.2) is 75.1 Å². The second-order valence-corrected chi connectivity index (χ2v) is 7.48. The second kappa shape index (κ2) is 6.46. The van der Waals surface area contributed by atoms with Gasteiger partial charge in [-0.2, -0.15) is 0 Å². The third-order valence-electron chi connectivity index (χ3n) is 2.84. The van der Waals surface area contributed by atoms with Gasteiger partial charge in [-0.3, -0.25) is 0 Å². The summed E-state index contributed by atoms with van der Waals surface area (Å²) >= 11 is -0.459. The van der Waals surface area contributed by atoms with E-state index in [9.17, 15) is 24.7 Å². The quantitative estimate of drug-likeness (QED) is 0.166. The summed E-state index contributed by atoms with van der Waals surface area (Å²) in [5, 5.41) is 29.3. The van der Waals surface area contributed by atoms with Crippen molar-refractivity contribution in [3.05, 3.63) is 15.2 Å². The molecule has 13 heteroatoms. The van der Waals surface area contributed by atoms with Gasteiger partial charge in [0.05, 0.1) is 0 Å². The van der Waals surface area contributed by atoms with Gasteiger partial charge in [0, 0.05) is 0 Å². The van der Waals surface area contributed by atoms with E-state index in [0.717, 1.165) is 0 Å². The molecule has 1 saturated heterocycles. The van der Waals surface area contributed by atoms with Gasteiger partial charge < -0.3 is 0 Å². The minimum absolute atomic E-state index is 0.00393. The summed E-state index contributed by atoms with van der Waals surface area (Å²) in [4.78, 5) is 33.6. The maximum atomic E-state index is 11.0. The normalized spacial score (nSPS) is 30.4. The first-order valence-corrected chi connectivity index (χ1v) is 9.16. The fraction of sp³-hybridized carbons (Fsp3) is 0.556. The number of amides is 1. The molecule has 1 amide bonds. The van der Waals surface area contributed by atoms with Crippen molar-refractivity contribution in [2.24, 2.45) is 5.73 Å². The van der Waals surface area contributed by atoms with Crippen LogP contribution in [0.15, 0.2) is 4.94 Å². The Morgan fingerprint density at radius 2 is 2.09 bits per heavy atom. The van der Waals surface area contributed by atoms with Crippen LogP contribution in [0.1, 0.15) is 21.2 Å². The van der Waals surface area contributed by atoms with Crippen LogP contribution in [0.5, 0.6) is 0 Å². The number of carbonyl (C=O) groups is 1. The minimum atomic E-state index is -5.01. The maximum absolute atomic E-state index is 11.0. The number of aliphatic hydroxyl groups excluding tert-OH is 3. The number of ether oxygens (including phenoxy) is 1. The van der Waals surface area contributed by atoms with Crippen molar-refractivity contribution < 1.29 is 43.7 Å². The average molecular weight is 403 g/mol. The summed E-state index contributed by atoms with van der Waals surface area (Å²) in [5.41, 5.74) is 5.06. The molecule has 2 rings (SSSR count). The molecule has 0 radical (unpaired) electrons. The van der Waals surface area contributed by atoms with Gasteiger partial charge >= 0.3 is 129 Å². The van der Waals surface area contributed by atoms with Gasteiger partial charge in [-0.25, -0.2) is 0 Å². The zero-order chi connectivity index (χ0) is 16.7. The van der Waals surface area contributed by atoms with Crippen LogP contribution in [0, 0.1) is 0 Å². The van der Waals surface area contributed by atoms with Gasteiger partial charge in [-0.1, -0.05) is 0 Å². The van der Waals surface area contributed by atoms with Crippen molar-refractivity contribution in [1.82, 2.24) is 4.98 Å². The van der Waals surface area contributed by atoms with E-state index >= 15 is 0 Å². The van der Waals surface area contributed by atoms with E-state index in [2.05, 4.69) is 9.51 Å². The standard InChI is InChI=1S/C9H13N2O9PSe/c10-7(14)2-1-22-8(11-2)5-3(12)4(13)6(19-5)9(15)20-21(16,17)18/h1,3-6,9,12-13,15H,(H2,10,14)(H2,16,17,18)/t3-,4+,5-,6+,9?/m1/s1. The van der Waals surface area contributed by atoms with E-state index in [1.54, 1.807) is 0 Å². The molecule has 0 bridgehead atoms. The average Bonchev–Trinajstić information content (AvgIpc) is 2.94. The van der Waals surface area contributed by atoms with Gasteiger partial charge in [-0.15, -0.1) is 0 Å². The van der Waals surface area contributed by atoms with Crippen LogP contribution < -0.4 is 5.73 Å². The molecule has 1 aliphatic rings. The molecule has 0 aromatic carbocycles. The van der Waals surface area contributed by atoms with E-state index in [1.807, 2.05) is 0 Å².